The number of aliphatic hydroxyl groups is 3. The Morgan fingerprint density at radius 1 is 0.639 bits per heavy atom. The molecule has 0 aliphatic carbocycles. The molecule has 0 bridgehead atoms. The Morgan fingerprint density at radius 3 is 1.77 bits per heavy atom. The van der Waals surface area contributed by atoms with Crippen molar-refractivity contribution in [2.24, 2.45) is 5.73 Å². The summed E-state index contributed by atoms with van der Waals surface area (Å²) in [6.07, 6.45) is 39.6. The molecule has 61 heavy (non-hydrogen) atoms. The molecular formula is C46H72NO13P. The first kappa shape index (κ1) is 57.0. The number of unbranched alkanes of at least 4 members (excludes halogenated alkanes) is 3. The summed E-state index contributed by atoms with van der Waals surface area (Å²) in [4.78, 5) is 46.0. The SMILES string of the molecule is CC/C=C\C/C=C\C/C=C\C/C=C\C/C=C\CCCC(=O)OC[C@H](COP(=O)(O)OC[C@H](N)C(=O)O)OC(=O)CCC[C@H](O)[C@@H](O)/C=C/C=C/C=C\C=C\[C@@H](O)CCCCC. The van der Waals surface area contributed by atoms with E-state index in [-0.39, 0.29) is 25.7 Å². The number of nitrogens with two attached hydrogens (primary N) is 1. The highest BCUT2D eigenvalue weighted by molar-refractivity contribution is 7.47. The monoisotopic (exact) mass is 877 g/mol. The van der Waals surface area contributed by atoms with Crippen molar-refractivity contribution in [3.8, 4) is 0 Å². The topological polar surface area (TPSA) is 232 Å². The van der Waals surface area contributed by atoms with E-state index >= 15 is 0 Å². The van der Waals surface area contributed by atoms with Crippen molar-refractivity contribution >= 4 is 25.7 Å². The fraction of sp³-hybridized carbons (Fsp3) is 0.543. The third kappa shape index (κ3) is 37.5. The van der Waals surface area contributed by atoms with E-state index in [1.54, 1.807) is 42.5 Å². The van der Waals surface area contributed by atoms with Crippen molar-refractivity contribution in [1.29, 1.82) is 0 Å². The molecule has 0 heterocycles. The third-order valence-electron chi connectivity index (χ3n) is 8.37. The zero-order chi connectivity index (χ0) is 45.4. The van der Waals surface area contributed by atoms with Crippen molar-refractivity contribution in [2.45, 2.75) is 141 Å². The number of allylic oxidation sites excluding steroid dienone is 16. The molecule has 14 nitrogen and oxygen atoms in total. The highest BCUT2D eigenvalue weighted by Crippen LogP contribution is 2.43. The summed E-state index contributed by atoms with van der Waals surface area (Å²) in [5.74, 6) is -2.85. The van der Waals surface area contributed by atoms with E-state index in [9.17, 15) is 39.2 Å². The van der Waals surface area contributed by atoms with Gasteiger partial charge in [-0.2, -0.15) is 0 Å². The Balaban J connectivity index is 4.83. The Bertz CT molecular complexity index is 1500. The zero-order valence-corrected chi connectivity index (χ0v) is 36.9. The third-order valence-corrected chi connectivity index (χ3v) is 9.32. The Morgan fingerprint density at radius 2 is 1.18 bits per heavy atom. The van der Waals surface area contributed by atoms with Gasteiger partial charge in [0.15, 0.2) is 6.10 Å². The largest absolute Gasteiger partial charge is 0.480 e. The van der Waals surface area contributed by atoms with Crippen LogP contribution in [0.4, 0.5) is 0 Å². The van der Waals surface area contributed by atoms with Gasteiger partial charge < -0.3 is 40.5 Å². The Hall–Kier alpha value is -3.98. The lowest BCUT2D eigenvalue weighted by molar-refractivity contribution is -0.161. The Labute approximate surface area is 363 Å². The summed E-state index contributed by atoms with van der Waals surface area (Å²) in [6.45, 7) is 2.14. The number of hydrogen-bond acceptors (Lipinski definition) is 12. The summed E-state index contributed by atoms with van der Waals surface area (Å²) < 4.78 is 32.4. The number of carbonyl (C=O) groups excluding carboxylic acids is 2. The van der Waals surface area contributed by atoms with Crippen LogP contribution in [0, 0.1) is 0 Å². The number of aliphatic carboxylic acids is 1. The molecule has 0 saturated heterocycles. The van der Waals surface area contributed by atoms with Crippen molar-refractivity contribution in [3.05, 3.63) is 109 Å². The molecule has 0 aliphatic heterocycles. The number of carboxylic acids is 1. The lowest BCUT2D eigenvalue weighted by Crippen LogP contribution is -2.34. The van der Waals surface area contributed by atoms with E-state index in [1.807, 2.05) is 12.2 Å². The van der Waals surface area contributed by atoms with Crippen LogP contribution in [0.3, 0.4) is 0 Å². The van der Waals surface area contributed by atoms with Crippen LogP contribution < -0.4 is 5.73 Å². The number of ether oxygens (including phenoxy) is 2. The number of phosphoric ester groups is 1. The Kier molecular flexibility index (Phi) is 36.4. The van der Waals surface area contributed by atoms with Gasteiger partial charge in [-0.15, -0.1) is 0 Å². The van der Waals surface area contributed by atoms with Crippen LogP contribution >= 0.6 is 7.82 Å². The standard InChI is InChI=1S/C46H72NO13P/c1-3-5-7-8-9-10-11-12-13-14-15-16-17-18-19-24-28-34-44(51)57-36-40(37-58-61(55,56)59-38-41(47)46(53)54)60-45(52)35-29-33-43(50)42(49)32-27-23-21-20-22-26-31-39(48)30-25-6-4-2/h5,7,9-10,12-13,15-16,18-23,26-27,31-32,39-43,48-50H,3-4,6,8,11,14,17,24-25,28-30,33-38,47H2,1-2H3,(H,53,54)(H,55,56)/b7-5-,10-9-,13-12-,16-15-,19-18-,22-20-,23-21+,31-26+,32-27+/t39-,40+,41-,42-,43-/m0/s1. The molecule has 0 aromatic carbocycles. The van der Waals surface area contributed by atoms with Crippen molar-refractivity contribution in [3.63, 3.8) is 0 Å². The van der Waals surface area contributed by atoms with Gasteiger partial charge in [0.05, 0.1) is 31.5 Å². The van der Waals surface area contributed by atoms with Gasteiger partial charge in [0.2, 0.25) is 0 Å². The molecule has 0 aromatic heterocycles. The first-order chi connectivity index (χ1) is 29.3. The summed E-state index contributed by atoms with van der Waals surface area (Å²) in [5.41, 5.74) is 5.30. The summed E-state index contributed by atoms with van der Waals surface area (Å²) in [6, 6.07) is -1.59. The second-order valence-electron chi connectivity index (χ2n) is 14.0. The smallest absolute Gasteiger partial charge is 0.472 e. The normalized spacial score (nSPS) is 16.3. The molecule has 0 aromatic rings. The number of carboxylic acid groups (broad SMARTS) is 1. The number of rotatable bonds is 37. The van der Waals surface area contributed by atoms with Gasteiger partial charge in [-0.1, -0.05) is 142 Å². The minimum Gasteiger partial charge on any atom is -0.480 e. The molecule has 0 fully saturated rings. The maximum Gasteiger partial charge on any atom is 0.472 e. The second-order valence-corrected chi connectivity index (χ2v) is 15.4. The molecule has 15 heteroatoms. The number of phosphoric acid groups is 1. The van der Waals surface area contributed by atoms with Crippen LogP contribution in [0.5, 0.6) is 0 Å². The second kappa shape index (κ2) is 38.9. The molecule has 0 saturated carbocycles. The number of carbonyl (C=O) groups is 3. The number of esters is 2. The minimum absolute atomic E-state index is 0.0349. The van der Waals surface area contributed by atoms with Crippen LogP contribution in [-0.2, 0) is 37.5 Å². The summed E-state index contributed by atoms with van der Waals surface area (Å²) in [5, 5.41) is 39.4. The predicted molar refractivity (Wildman–Crippen MR) is 239 cm³/mol. The van der Waals surface area contributed by atoms with Gasteiger partial charge in [0, 0.05) is 12.8 Å². The number of hydrogen-bond donors (Lipinski definition) is 6. The van der Waals surface area contributed by atoms with Gasteiger partial charge in [-0.25, -0.2) is 4.57 Å². The van der Waals surface area contributed by atoms with Crippen molar-refractivity contribution in [1.82, 2.24) is 0 Å². The molecule has 0 spiro atoms. The van der Waals surface area contributed by atoms with E-state index in [0.717, 1.165) is 57.8 Å². The van der Waals surface area contributed by atoms with Gasteiger partial charge in [0.25, 0.3) is 0 Å². The highest BCUT2D eigenvalue weighted by Gasteiger charge is 2.28. The fourth-order valence-electron chi connectivity index (χ4n) is 4.89. The van der Waals surface area contributed by atoms with E-state index < -0.39 is 76.0 Å². The van der Waals surface area contributed by atoms with Crippen LogP contribution in [0.1, 0.15) is 110 Å². The molecule has 0 rings (SSSR count). The minimum atomic E-state index is -4.84. The average Bonchev–Trinajstić information content (AvgIpc) is 3.22. The lowest BCUT2D eigenvalue weighted by Gasteiger charge is -2.20. The maximum atomic E-state index is 12.7. The molecule has 344 valence electrons. The quantitative estimate of drug-likeness (QED) is 0.0114. The van der Waals surface area contributed by atoms with Gasteiger partial charge in [-0.3, -0.25) is 23.4 Å². The lowest BCUT2D eigenvalue weighted by atomic mass is 10.1. The zero-order valence-electron chi connectivity index (χ0n) is 36.0. The first-order valence-electron chi connectivity index (χ1n) is 21.2. The molecule has 7 N–H and O–H groups in total. The predicted octanol–water partition coefficient (Wildman–Crippen LogP) is 7.97. The molecule has 0 radical (unpaired) electrons. The van der Waals surface area contributed by atoms with Gasteiger partial charge >= 0.3 is 25.7 Å². The first-order valence-corrected chi connectivity index (χ1v) is 22.7. The van der Waals surface area contributed by atoms with Gasteiger partial charge in [0.1, 0.15) is 12.6 Å². The molecule has 0 aliphatic rings. The van der Waals surface area contributed by atoms with Crippen LogP contribution in [0.15, 0.2) is 109 Å². The van der Waals surface area contributed by atoms with E-state index in [2.05, 4.69) is 67.0 Å². The van der Waals surface area contributed by atoms with E-state index in [4.69, 9.17) is 24.8 Å². The van der Waals surface area contributed by atoms with Crippen LogP contribution in [-0.4, -0.2) is 93.5 Å². The number of aliphatic hydroxyl groups excluding tert-OH is 3. The fourth-order valence-corrected chi connectivity index (χ4v) is 5.67. The molecule has 1 unspecified atom stereocenters. The van der Waals surface area contributed by atoms with E-state index in [1.165, 1.54) is 6.08 Å². The summed E-state index contributed by atoms with van der Waals surface area (Å²) >= 11 is 0. The maximum absolute atomic E-state index is 12.7. The van der Waals surface area contributed by atoms with Crippen molar-refractivity contribution in [2.75, 3.05) is 19.8 Å². The molecular weight excluding hydrogens is 805 g/mol. The highest BCUT2D eigenvalue weighted by atomic mass is 31.2. The molecule has 6 atom stereocenters. The molecule has 0 amide bonds. The van der Waals surface area contributed by atoms with Crippen molar-refractivity contribution < 1.29 is 62.8 Å². The average molecular weight is 878 g/mol. The van der Waals surface area contributed by atoms with E-state index in [0.29, 0.717) is 12.8 Å². The van der Waals surface area contributed by atoms with Gasteiger partial charge in [-0.05, 0) is 64.2 Å². The summed E-state index contributed by atoms with van der Waals surface area (Å²) in [7, 11) is -4.84. The van der Waals surface area contributed by atoms with Crippen LogP contribution in [0.25, 0.3) is 0 Å². The van der Waals surface area contributed by atoms with Crippen LogP contribution in [0.2, 0.25) is 0 Å².